The van der Waals surface area contributed by atoms with Crippen LogP contribution in [0.1, 0.15) is 12.5 Å². The van der Waals surface area contributed by atoms with E-state index >= 15 is 0 Å². The van der Waals surface area contributed by atoms with Crippen LogP contribution in [0.25, 0.3) is 0 Å². The topological polar surface area (TPSA) is 83.5 Å². The smallest absolute Gasteiger partial charge is 0.327 e. The lowest BCUT2D eigenvalue weighted by Gasteiger charge is -2.12. The van der Waals surface area contributed by atoms with Crippen LogP contribution in [-0.4, -0.2) is 33.0 Å². The van der Waals surface area contributed by atoms with Gasteiger partial charge in [0.1, 0.15) is 6.04 Å². The minimum Gasteiger partial charge on any atom is -0.480 e. The van der Waals surface area contributed by atoms with E-state index in [0.717, 1.165) is 5.56 Å². The summed E-state index contributed by atoms with van der Waals surface area (Å²) >= 11 is 0. The van der Waals surface area contributed by atoms with Gasteiger partial charge in [0, 0.05) is 11.8 Å². The number of aliphatic carboxylic acids is 1. The molecule has 1 aromatic rings. The lowest BCUT2D eigenvalue weighted by atomic mass is 10.2. The first-order chi connectivity index (χ1) is 8.40. The monoisotopic (exact) mass is 269 g/mol. The average molecular weight is 269 g/mol. The summed E-state index contributed by atoms with van der Waals surface area (Å²) < 4.78 is 11.9. The average Bonchev–Trinajstić information content (AvgIpc) is 2.28. The third-order valence-electron chi connectivity index (χ3n) is 2.28. The first kappa shape index (κ1) is 14.4. The summed E-state index contributed by atoms with van der Waals surface area (Å²) in [5, 5.41) is 11.2. The maximum Gasteiger partial charge on any atom is 0.327 e. The number of carboxylic acid groups (broad SMARTS) is 1. The number of hydrogen-bond acceptors (Lipinski definition) is 3. The highest BCUT2D eigenvalue weighted by Crippen LogP contribution is 2.09. The lowest BCUT2D eigenvalue weighted by Crippen LogP contribution is -2.43. The van der Waals surface area contributed by atoms with Gasteiger partial charge in [0.25, 0.3) is 0 Å². The fraction of sp³-hybridized carbons (Fsp3) is 0.333. The molecule has 0 spiro atoms. The molecule has 2 unspecified atom stereocenters. The van der Waals surface area contributed by atoms with Gasteiger partial charge in [-0.2, -0.15) is 0 Å². The fourth-order valence-electron chi connectivity index (χ4n) is 1.36. The number of rotatable bonds is 5. The van der Waals surface area contributed by atoms with E-state index in [9.17, 15) is 13.8 Å². The third-order valence-corrected chi connectivity index (χ3v) is 3.71. The van der Waals surface area contributed by atoms with E-state index in [1.807, 2.05) is 6.92 Å². The van der Waals surface area contributed by atoms with E-state index in [-0.39, 0.29) is 5.75 Å². The maximum atomic E-state index is 11.9. The summed E-state index contributed by atoms with van der Waals surface area (Å²) in [5.41, 5.74) is 1.03. The molecule has 0 radical (unpaired) electrons. The molecule has 0 aliphatic rings. The molecule has 0 fully saturated rings. The van der Waals surface area contributed by atoms with E-state index in [2.05, 4.69) is 5.32 Å². The minimum atomic E-state index is -1.45. The zero-order chi connectivity index (χ0) is 13.7. The van der Waals surface area contributed by atoms with E-state index < -0.39 is 28.7 Å². The number of carbonyl (C=O) groups excluding carboxylic acids is 1. The van der Waals surface area contributed by atoms with Gasteiger partial charge in [-0.15, -0.1) is 0 Å². The maximum absolute atomic E-state index is 11.9. The Kier molecular flexibility index (Phi) is 5.03. The Balaban J connectivity index is 2.75. The van der Waals surface area contributed by atoms with Crippen molar-refractivity contribution in [2.75, 3.05) is 5.75 Å². The van der Waals surface area contributed by atoms with Crippen LogP contribution in [0.4, 0.5) is 0 Å². The van der Waals surface area contributed by atoms with Gasteiger partial charge in [-0.3, -0.25) is 9.00 Å². The molecule has 1 amide bonds. The Morgan fingerprint density at radius 3 is 2.33 bits per heavy atom. The fourth-order valence-corrected chi connectivity index (χ4v) is 2.52. The Morgan fingerprint density at radius 2 is 1.89 bits per heavy atom. The predicted molar refractivity (Wildman–Crippen MR) is 67.7 cm³/mol. The summed E-state index contributed by atoms with van der Waals surface area (Å²) in [6.45, 7) is 3.13. The van der Waals surface area contributed by atoms with Crippen LogP contribution in [0.5, 0.6) is 0 Å². The van der Waals surface area contributed by atoms with Crippen molar-refractivity contribution >= 4 is 22.7 Å². The number of carboxylic acids is 1. The zero-order valence-corrected chi connectivity index (χ0v) is 11.0. The first-order valence-electron chi connectivity index (χ1n) is 5.35. The second kappa shape index (κ2) is 6.30. The predicted octanol–water partition coefficient (Wildman–Crippen LogP) is 0.692. The lowest BCUT2D eigenvalue weighted by molar-refractivity contribution is -0.140. The van der Waals surface area contributed by atoms with Crippen molar-refractivity contribution < 1.29 is 18.9 Å². The number of carbonyl (C=O) groups is 2. The van der Waals surface area contributed by atoms with Crippen molar-refractivity contribution in [3.63, 3.8) is 0 Å². The highest BCUT2D eigenvalue weighted by molar-refractivity contribution is 7.85. The molecule has 0 aromatic heterocycles. The first-order valence-corrected chi connectivity index (χ1v) is 6.67. The van der Waals surface area contributed by atoms with Crippen LogP contribution >= 0.6 is 0 Å². The van der Waals surface area contributed by atoms with Crippen LogP contribution in [0.3, 0.4) is 0 Å². The molecule has 0 heterocycles. The number of nitrogens with one attached hydrogen (secondary N) is 1. The van der Waals surface area contributed by atoms with Gasteiger partial charge in [-0.05, 0) is 19.1 Å². The number of amides is 1. The van der Waals surface area contributed by atoms with Gasteiger partial charge in [-0.25, -0.2) is 4.79 Å². The molecule has 0 aliphatic carbocycles. The molecule has 2 N–H and O–H groups in total. The van der Waals surface area contributed by atoms with E-state index in [4.69, 9.17) is 5.11 Å². The van der Waals surface area contributed by atoms with Gasteiger partial charge in [0.15, 0.2) is 0 Å². The normalized spacial score (nSPS) is 13.7. The molecule has 0 aliphatic heterocycles. The molecule has 0 saturated heterocycles. The van der Waals surface area contributed by atoms with E-state index in [0.29, 0.717) is 4.90 Å². The molecule has 1 rings (SSSR count). The van der Waals surface area contributed by atoms with Crippen LogP contribution in [-0.2, 0) is 20.4 Å². The Morgan fingerprint density at radius 1 is 1.33 bits per heavy atom. The molecule has 18 heavy (non-hydrogen) atoms. The minimum absolute atomic E-state index is 0.141. The van der Waals surface area contributed by atoms with Crippen LogP contribution in [0.2, 0.25) is 0 Å². The van der Waals surface area contributed by atoms with Crippen LogP contribution < -0.4 is 5.32 Å². The van der Waals surface area contributed by atoms with Gasteiger partial charge in [0.2, 0.25) is 5.91 Å². The summed E-state index contributed by atoms with van der Waals surface area (Å²) in [6.07, 6.45) is 0. The van der Waals surface area contributed by atoms with E-state index in [1.54, 1.807) is 24.3 Å². The van der Waals surface area contributed by atoms with Gasteiger partial charge < -0.3 is 10.4 Å². The Labute approximate surface area is 108 Å². The molecule has 0 saturated carbocycles. The van der Waals surface area contributed by atoms with Crippen LogP contribution in [0.15, 0.2) is 29.2 Å². The third kappa shape index (κ3) is 4.29. The molecule has 98 valence electrons. The Bertz CT molecular complexity index is 469. The molecule has 1 aromatic carbocycles. The number of benzene rings is 1. The van der Waals surface area contributed by atoms with Crippen molar-refractivity contribution in [1.82, 2.24) is 5.32 Å². The highest BCUT2D eigenvalue weighted by atomic mass is 32.2. The second-order valence-electron chi connectivity index (χ2n) is 3.92. The molecule has 5 nitrogen and oxygen atoms in total. The van der Waals surface area contributed by atoms with Gasteiger partial charge in [0.05, 0.1) is 16.6 Å². The standard InChI is InChI=1S/C12H15NO4S/c1-8-3-5-10(6-4-8)18(17)7-11(12(15)16)13-9(2)14/h3-6,11H,7H2,1-2H3,(H,13,14)(H,15,16). The van der Waals surface area contributed by atoms with Crippen molar-refractivity contribution in [3.05, 3.63) is 29.8 Å². The largest absolute Gasteiger partial charge is 0.480 e. The quantitative estimate of drug-likeness (QED) is 0.824. The van der Waals surface area contributed by atoms with Crippen LogP contribution in [0, 0.1) is 6.92 Å². The van der Waals surface area contributed by atoms with Crippen molar-refractivity contribution in [2.45, 2.75) is 24.8 Å². The van der Waals surface area contributed by atoms with E-state index in [1.165, 1.54) is 6.92 Å². The number of hydrogen-bond donors (Lipinski definition) is 2. The number of aryl methyl sites for hydroxylation is 1. The SMILES string of the molecule is CC(=O)NC(CS(=O)c1ccc(C)cc1)C(=O)O. The van der Waals surface area contributed by atoms with Gasteiger partial charge in [-0.1, -0.05) is 17.7 Å². The summed E-state index contributed by atoms with van der Waals surface area (Å²) in [7, 11) is -1.45. The molecule has 6 heteroatoms. The van der Waals surface area contributed by atoms with Crippen molar-refractivity contribution in [2.24, 2.45) is 0 Å². The zero-order valence-electron chi connectivity index (χ0n) is 10.2. The molecule has 2 atom stereocenters. The second-order valence-corrected chi connectivity index (χ2v) is 5.41. The summed E-state index contributed by atoms with van der Waals surface area (Å²) in [4.78, 5) is 22.3. The summed E-state index contributed by atoms with van der Waals surface area (Å²) in [5.74, 6) is -1.79. The Hall–Kier alpha value is -1.69. The highest BCUT2D eigenvalue weighted by Gasteiger charge is 2.21. The molecular formula is C12H15NO4S. The summed E-state index contributed by atoms with van der Waals surface area (Å²) in [6, 6.07) is 5.86. The molecule has 0 bridgehead atoms. The molecular weight excluding hydrogens is 254 g/mol. The van der Waals surface area contributed by atoms with Crippen molar-refractivity contribution in [3.8, 4) is 0 Å². The van der Waals surface area contributed by atoms with Crippen molar-refractivity contribution in [1.29, 1.82) is 0 Å². The van der Waals surface area contributed by atoms with Gasteiger partial charge >= 0.3 is 5.97 Å².